The highest BCUT2D eigenvalue weighted by atomic mass is 32.1. The molecule has 1 aliphatic heterocycles. The Labute approximate surface area is 191 Å². The second kappa shape index (κ2) is 10.0. The monoisotopic (exact) mass is 452 g/mol. The van der Waals surface area contributed by atoms with E-state index >= 15 is 0 Å². The molecule has 9 nitrogen and oxygen atoms in total. The Morgan fingerprint density at radius 2 is 1.94 bits per heavy atom. The van der Waals surface area contributed by atoms with E-state index in [0.29, 0.717) is 17.1 Å². The Bertz CT molecular complexity index is 1110. The fourth-order valence-electron chi connectivity index (χ4n) is 3.91. The highest BCUT2D eigenvalue weighted by Crippen LogP contribution is 2.38. The molecule has 1 amide bonds. The van der Waals surface area contributed by atoms with Crippen molar-refractivity contribution >= 4 is 51.5 Å². The standard InChI is InChI=1S/C16H16N6S.C6H12N2O/c17-6-9-5-13(19-7-11(9)18)22-15-14-10-3-1-2-4-12(10)23-16(14)21-8-20-15;1-7-2-4-8(6-9)5-3-7/h5-8,17H,1-4,18H2,(H,19,20,21,22);6H,2-5H2,1H3. The molecule has 0 saturated carbocycles. The maximum absolute atomic E-state index is 10.2. The number of nitrogen functional groups attached to an aromatic ring is 1. The predicted octanol–water partition coefficient (Wildman–Crippen LogP) is 2.68. The van der Waals surface area contributed by atoms with Crippen molar-refractivity contribution in [2.75, 3.05) is 44.3 Å². The van der Waals surface area contributed by atoms with Crippen molar-refractivity contribution in [2.45, 2.75) is 25.7 Å². The maximum Gasteiger partial charge on any atom is 0.209 e. The van der Waals surface area contributed by atoms with Crippen LogP contribution in [-0.4, -0.2) is 70.6 Å². The lowest BCUT2D eigenvalue weighted by atomic mass is 9.97. The van der Waals surface area contributed by atoms with Gasteiger partial charge in [-0.05, 0) is 44.4 Å². The number of nitrogens with two attached hydrogens (primary N) is 1. The predicted molar refractivity (Wildman–Crippen MR) is 129 cm³/mol. The quantitative estimate of drug-likeness (QED) is 0.411. The zero-order chi connectivity index (χ0) is 22.5. The lowest BCUT2D eigenvalue weighted by Crippen LogP contribution is -2.43. The van der Waals surface area contributed by atoms with Crippen molar-refractivity contribution < 1.29 is 4.79 Å². The molecule has 10 heteroatoms. The largest absolute Gasteiger partial charge is 0.397 e. The normalized spacial score (nSPS) is 16.1. The van der Waals surface area contributed by atoms with Crippen molar-refractivity contribution in [2.24, 2.45) is 0 Å². The first-order valence-electron chi connectivity index (χ1n) is 10.7. The zero-order valence-corrected chi connectivity index (χ0v) is 19.0. The molecule has 1 fully saturated rings. The van der Waals surface area contributed by atoms with E-state index in [2.05, 4.69) is 32.2 Å². The summed E-state index contributed by atoms with van der Waals surface area (Å²) in [6, 6.07) is 1.76. The third kappa shape index (κ3) is 4.86. The van der Waals surface area contributed by atoms with E-state index in [1.807, 2.05) is 0 Å². The number of rotatable bonds is 4. The number of nitrogens with one attached hydrogen (secondary N) is 2. The Kier molecular flexibility index (Phi) is 6.91. The number of carbonyl (C=O) groups is 1. The van der Waals surface area contributed by atoms with Gasteiger partial charge in [-0.25, -0.2) is 15.0 Å². The molecule has 32 heavy (non-hydrogen) atoms. The number of anilines is 3. The summed E-state index contributed by atoms with van der Waals surface area (Å²) in [6.45, 7) is 3.80. The van der Waals surface area contributed by atoms with Crippen LogP contribution in [0, 0.1) is 5.41 Å². The Balaban J connectivity index is 0.000000230. The molecule has 0 aromatic carbocycles. The second-order valence-electron chi connectivity index (χ2n) is 8.03. The molecule has 0 radical (unpaired) electrons. The first kappa shape index (κ1) is 22.1. The van der Waals surface area contributed by atoms with Gasteiger partial charge >= 0.3 is 0 Å². The Morgan fingerprint density at radius 3 is 2.69 bits per heavy atom. The van der Waals surface area contributed by atoms with E-state index < -0.39 is 0 Å². The minimum absolute atomic E-state index is 0.492. The zero-order valence-electron chi connectivity index (χ0n) is 18.2. The average Bonchev–Trinajstić information content (AvgIpc) is 3.21. The minimum atomic E-state index is 0.492. The fraction of sp³-hybridized carbons (Fsp3) is 0.409. The van der Waals surface area contributed by atoms with Gasteiger partial charge in [-0.3, -0.25) is 4.79 Å². The molecular weight excluding hydrogens is 424 g/mol. The second-order valence-corrected chi connectivity index (χ2v) is 9.11. The number of nitrogens with zero attached hydrogens (tertiary/aromatic N) is 5. The number of aryl methyl sites for hydroxylation is 2. The van der Waals surface area contributed by atoms with Crippen LogP contribution in [-0.2, 0) is 17.6 Å². The van der Waals surface area contributed by atoms with Gasteiger partial charge in [0.05, 0.1) is 17.3 Å². The summed E-state index contributed by atoms with van der Waals surface area (Å²) in [7, 11) is 2.07. The molecule has 3 aromatic heterocycles. The number of aromatic nitrogens is 3. The van der Waals surface area contributed by atoms with E-state index in [-0.39, 0.29) is 0 Å². The molecule has 1 saturated heterocycles. The van der Waals surface area contributed by atoms with Crippen molar-refractivity contribution in [1.82, 2.24) is 24.8 Å². The molecule has 168 valence electrons. The lowest BCUT2D eigenvalue weighted by Gasteiger charge is -2.29. The Morgan fingerprint density at radius 1 is 1.16 bits per heavy atom. The van der Waals surface area contributed by atoms with E-state index in [0.717, 1.165) is 61.5 Å². The van der Waals surface area contributed by atoms with Crippen LogP contribution in [0.25, 0.3) is 10.2 Å². The first-order chi connectivity index (χ1) is 15.6. The number of amides is 1. The van der Waals surface area contributed by atoms with Gasteiger partial charge in [0.25, 0.3) is 0 Å². The van der Waals surface area contributed by atoms with Gasteiger partial charge in [0.2, 0.25) is 6.41 Å². The topological polar surface area (TPSA) is 124 Å². The van der Waals surface area contributed by atoms with Gasteiger partial charge in [0.15, 0.2) is 0 Å². The van der Waals surface area contributed by atoms with Crippen LogP contribution in [0.4, 0.5) is 17.3 Å². The smallest absolute Gasteiger partial charge is 0.209 e. The molecule has 0 spiro atoms. The number of thiophene rings is 1. The van der Waals surface area contributed by atoms with Crippen molar-refractivity contribution in [3.63, 3.8) is 0 Å². The van der Waals surface area contributed by atoms with Crippen LogP contribution < -0.4 is 11.1 Å². The van der Waals surface area contributed by atoms with E-state index in [9.17, 15) is 4.79 Å². The summed E-state index contributed by atoms with van der Waals surface area (Å²) < 4.78 is 0. The number of carbonyl (C=O) groups excluding carboxylic acids is 1. The summed E-state index contributed by atoms with van der Waals surface area (Å²) in [5.41, 5.74) is 8.30. The van der Waals surface area contributed by atoms with Crippen molar-refractivity contribution in [1.29, 1.82) is 5.41 Å². The summed E-state index contributed by atoms with van der Waals surface area (Å²) >= 11 is 1.77. The molecule has 0 bridgehead atoms. The van der Waals surface area contributed by atoms with Crippen LogP contribution >= 0.6 is 11.3 Å². The number of hydrogen-bond donors (Lipinski definition) is 3. The maximum atomic E-state index is 10.2. The van der Waals surface area contributed by atoms with E-state index in [1.54, 1.807) is 34.8 Å². The van der Waals surface area contributed by atoms with Crippen molar-refractivity contribution in [3.05, 3.63) is 34.6 Å². The first-order valence-corrected chi connectivity index (χ1v) is 11.6. The minimum Gasteiger partial charge on any atom is -0.397 e. The molecule has 5 rings (SSSR count). The highest BCUT2D eigenvalue weighted by molar-refractivity contribution is 7.19. The number of fused-ring (bicyclic) bond motifs is 3. The lowest BCUT2D eigenvalue weighted by molar-refractivity contribution is -0.119. The Hall–Kier alpha value is -3.11. The summed E-state index contributed by atoms with van der Waals surface area (Å²) in [4.78, 5) is 29.8. The van der Waals surface area contributed by atoms with Gasteiger partial charge in [-0.1, -0.05) is 0 Å². The number of piperazine rings is 1. The summed E-state index contributed by atoms with van der Waals surface area (Å²) in [5, 5.41) is 11.8. The molecule has 1 aliphatic carbocycles. The molecule has 0 unspecified atom stereocenters. The third-order valence-corrected chi connectivity index (χ3v) is 7.01. The molecule has 4 heterocycles. The molecular formula is C22H28N8OS. The summed E-state index contributed by atoms with van der Waals surface area (Å²) in [5.74, 6) is 1.41. The number of pyridine rings is 1. The van der Waals surface area contributed by atoms with Crippen LogP contribution in [0.2, 0.25) is 0 Å². The molecule has 3 aromatic rings. The van der Waals surface area contributed by atoms with Gasteiger partial charge in [0, 0.05) is 42.8 Å². The average molecular weight is 453 g/mol. The van der Waals surface area contributed by atoms with Gasteiger partial charge < -0.3 is 26.3 Å². The van der Waals surface area contributed by atoms with Crippen molar-refractivity contribution in [3.8, 4) is 0 Å². The van der Waals surface area contributed by atoms with E-state index in [4.69, 9.17) is 11.1 Å². The van der Waals surface area contributed by atoms with Gasteiger partial charge in [0.1, 0.15) is 22.8 Å². The summed E-state index contributed by atoms with van der Waals surface area (Å²) in [6.07, 6.45) is 9.97. The fourth-order valence-corrected chi connectivity index (χ4v) is 5.14. The highest BCUT2D eigenvalue weighted by Gasteiger charge is 2.20. The SMILES string of the molecule is CN1CCN(C=O)CC1.N=Cc1cc(Nc2ncnc3sc4c(c23)CCCC4)ncc1N. The van der Waals surface area contributed by atoms with Crippen LogP contribution in [0.15, 0.2) is 18.6 Å². The number of likely N-dealkylation sites (N-methyl/N-ethyl adjacent to an activating group) is 1. The number of hydrogen-bond acceptors (Lipinski definition) is 9. The molecule has 4 N–H and O–H groups in total. The third-order valence-electron chi connectivity index (χ3n) is 5.81. The van der Waals surface area contributed by atoms with Crippen LogP contribution in [0.5, 0.6) is 0 Å². The van der Waals surface area contributed by atoms with Gasteiger partial charge in [-0.2, -0.15) is 0 Å². The molecule has 2 aliphatic rings. The molecule has 0 atom stereocenters. The van der Waals surface area contributed by atoms with Crippen LogP contribution in [0.1, 0.15) is 28.8 Å². The van der Waals surface area contributed by atoms with Gasteiger partial charge in [-0.15, -0.1) is 11.3 Å². The van der Waals surface area contributed by atoms with Crippen LogP contribution in [0.3, 0.4) is 0 Å². The van der Waals surface area contributed by atoms with E-state index in [1.165, 1.54) is 29.5 Å².